The summed E-state index contributed by atoms with van der Waals surface area (Å²) in [6.07, 6.45) is 8.87. The van der Waals surface area contributed by atoms with E-state index in [1.807, 2.05) is 16.7 Å². The molecule has 35 heavy (non-hydrogen) atoms. The number of pyridine rings is 1. The first-order valence-corrected chi connectivity index (χ1v) is 12.8. The number of halogens is 1. The number of benzene rings is 1. The van der Waals surface area contributed by atoms with Gasteiger partial charge in [0.15, 0.2) is 27.1 Å². The zero-order chi connectivity index (χ0) is 24.7. The lowest BCUT2D eigenvalue weighted by Crippen LogP contribution is -2.25. The van der Waals surface area contributed by atoms with Crippen LogP contribution in [0.15, 0.2) is 47.8 Å². The number of fused-ring (bicyclic) bond motifs is 1. The monoisotopic (exact) mass is 498 g/mol. The van der Waals surface area contributed by atoms with Gasteiger partial charge in [0.1, 0.15) is 5.65 Å². The van der Waals surface area contributed by atoms with Gasteiger partial charge in [0, 0.05) is 30.8 Å². The van der Waals surface area contributed by atoms with Gasteiger partial charge in [-0.25, -0.2) is 22.5 Å². The second-order valence-corrected chi connectivity index (χ2v) is 10.5. The molecule has 1 amide bonds. The van der Waals surface area contributed by atoms with Gasteiger partial charge in [-0.05, 0) is 42.5 Å². The third-order valence-corrected chi connectivity index (χ3v) is 7.06. The van der Waals surface area contributed by atoms with E-state index in [2.05, 4.69) is 32.9 Å². The minimum absolute atomic E-state index is 0.00833. The van der Waals surface area contributed by atoms with Crippen LogP contribution in [0.1, 0.15) is 46.1 Å². The third-order valence-electron chi connectivity index (χ3n) is 5.88. The molecule has 182 valence electrons. The lowest BCUT2D eigenvalue weighted by Gasteiger charge is -2.12. The Labute approximate surface area is 200 Å². The zero-order valence-corrected chi connectivity index (χ0v) is 19.9. The second kappa shape index (κ2) is 8.77. The maximum Gasteiger partial charge on any atom is 0.273 e. The summed E-state index contributed by atoms with van der Waals surface area (Å²) in [4.78, 5) is 17.0. The van der Waals surface area contributed by atoms with E-state index in [1.54, 1.807) is 0 Å². The molecule has 0 atom stereocenters. The van der Waals surface area contributed by atoms with Crippen LogP contribution >= 0.6 is 0 Å². The van der Waals surface area contributed by atoms with Crippen LogP contribution in [-0.4, -0.2) is 52.1 Å². The molecule has 12 heteroatoms. The third kappa shape index (κ3) is 4.74. The number of nitrogens with zero attached hydrogens (tertiary/aromatic N) is 5. The highest BCUT2D eigenvalue weighted by Gasteiger charge is 2.24. The fourth-order valence-electron chi connectivity index (χ4n) is 3.95. The topological polar surface area (TPSA) is 120 Å². The van der Waals surface area contributed by atoms with Crippen molar-refractivity contribution in [2.75, 3.05) is 13.4 Å². The summed E-state index contributed by atoms with van der Waals surface area (Å²) < 4.78 is 47.3. The minimum Gasteiger partial charge on any atom is -0.494 e. The fraction of sp³-hybridized carbons (Fsp3) is 0.304. The second-order valence-electron chi connectivity index (χ2n) is 8.55. The molecule has 3 aromatic heterocycles. The van der Waals surface area contributed by atoms with Gasteiger partial charge in [-0.15, -0.1) is 5.10 Å². The molecule has 0 spiro atoms. The molecule has 1 saturated carbocycles. The first-order valence-electron chi connectivity index (χ1n) is 10.9. The Morgan fingerprint density at radius 3 is 2.71 bits per heavy atom. The molecule has 1 aliphatic rings. The first kappa shape index (κ1) is 23.0. The number of ether oxygens (including phenoxy) is 1. The van der Waals surface area contributed by atoms with Crippen LogP contribution in [0, 0.1) is 5.82 Å². The van der Waals surface area contributed by atoms with Crippen LogP contribution in [0.2, 0.25) is 0 Å². The van der Waals surface area contributed by atoms with E-state index < -0.39 is 21.6 Å². The minimum atomic E-state index is -3.73. The number of rotatable bonds is 8. The van der Waals surface area contributed by atoms with Crippen molar-refractivity contribution in [2.45, 2.75) is 36.7 Å². The summed E-state index contributed by atoms with van der Waals surface area (Å²) in [6, 6.07) is 6.56. The van der Waals surface area contributed by atoms with E-state index in [4.69, 9.17) is 4.74 Å². The van der Waals surface area contributed by atoms with Gasteiger partial charge >= 0.3 is 0 Å². The number of carbonyl (C=O) groups is 1. The maximum absolute atomic E-state index is 14.7. The van der Waals surface area contributed by atoms with E-state index in [0.29, 0.717) is 12.5 Å². The normalized spacial score (nSPS) is 13.8. The van der Waals surface area contributed by atoms with Crippen molar-refractivity contribution >= 4 is 21.4 Å². The highest BCUT2D eigenvalue weighted by Crippen LogP contribution is 2.39. The Balaban J connectivity index is 1.29. The summed E-state index contributed by atoms with van der Waals surface area (Å²) in [6.45, 7) is -0.0592. The molecule has 0 bridgehead atoms. The van der Waals surface area contributed by atoms with Gasteiger partial charge in [0.05, 0.1) is 30.4 Å². The van der Waals surface area contributed by atoms with Crippen molar-refractivity contribution in [3.8, 4) is 5.75 Å². The molecule has 0 unspecified atom stereocenters. The lowest BCUT2D eigenvalue weighted by molar-refractivity contribution is 0.0945. The summed E-state index contributed by atoms with van der Waals surface area (Å²) in [5.41, 5.74) is 2.69. The number of imidazole rings is 1. The molecule has 0 saturated heterocycles. The summed E-state index contributed by atoms with van der Waals surface area (Å²) in [5.74, 6) is -0.956. The lowest BCUT2D eigenvalue weighted by atomic mass is 10.2. The molecule has 5 rings (SSSR count). The molecular weight excluding hydrogens is 475 g/mol. The highest BCUT2D eigenvalue weighted by atomic mass is 32.2. The standard InChI is InChI=1S/C23H23FN6O4S/c1-34-19-6-7-20(35(2,32)33)17(22(19)24)9-25-23(31)18-13-30(28-27-18)12-16-11-29-10-15(14-3-4-14)5-8-21(29)26-16/h5-8,10-11,13-14H,3-4,9,12H2,1-2H3,(H,25,31). The molecule has 1 N–H and O–H groups in total. The van der Waals surface area contributed by atoms with Crippen LogP contribution in [-0.2, 0) is 22.9 Å². The number of carbonyl (C=O) groups excluding carboxylic acids is 1. The maximum atomic E-state index is 14.7. The number of hydrogen-bond donors (Lipinski definition) is 1. The SMILES string of the molecule is COc1ccc(S(C)(=O)=O)c(CNC(=O)c2cn(Cc3cn4cc(C5CC5)ccc4n3)nn2)c1F. The average molecular weight is 499 g/mol. The van der Waals surface area contributed by atoms with Gasteiger partial charge < -0.3 is 14.5 Å². The molecular formula is C23H23FN6O4S. The number of sulfone groups is 1. The van der Waals surface area contributed by atoms with Gasteiger partial charge in [-0.2, -0.15) is 0 Å². The number of amides is 1. The van der Waals surface area contributed by atoms with E-state index in [9.17, 15) is 17.6 Å². The Kier molecular flexibility index (Phi) is 5.75. The zero-order valence-electron chi connectivity index (χ0n) is 19.1. The number of aromatic nitrogens is 5. The molecule has 1 aliphatic carbocycles. The molecule has 1 fully saturated rings. The Morgan fingerprint density at radius 2 is 2.00 bits per heavy atom. The molecule has 0 aliphatic heterocycles. The molecule has 4 aromatic rings. The van der Waals surface area contributed by atoms with Crippen LogP contribution in [0.3, 0.4) is 0 Å². The Hall–Kier alpha value is -3.80. The van der Waals surface area contributed by atoms with E-state index in [1.165, 1.54) is 48.5 Å². The number of methoxy groups -OCH3 is 1. The van der Waals surface area contributed by atoms with Crippen molar-refractivity contribution in [1.29, 1.82) is 0 Å². The largest absolute Gasteiger partial charge is 0.494 e. The number of hydrogen-bond acceptors (Lipinski definition) is 7. The summed E-state index contributed by atoms with van der Waals surface area (Å²) in [7, 11) is -2.46. The van der Waals surface area contributed by atoms with Crippen LogP contribution in [0.4, 0.5) is 4.39 Å². The van der Waals surface area contributed by atoms with E-state index in [-0.39, 0.29) is 28.4 Å². The van der Waals surface area contributed by atoms with Crippen molar-refractivity contribution < 1.29 is 22.3 Å². The quantitative estimate of drug-likeness (QED) is 0.396. The molecule has 0 radical (unpaired) electrons. The fourth-order valence-corrected chi connectivity index (χ4v) is 4.88. The smallest absolute Gasteiger partial charge is 0.273 e. The molecule has 10 nitrogen and oxygen atoms in total. The predicted octanol–water partition coefficient (Wildman–Crippen LogP) is 2.33. The summed E-state index contributed by atoms with van der Waals surface area (Å²) in [5, 5.41) is 10.4. The van der Waals surface area contributed by atoms with Crippen molar-refractivity contribution in [3.05, 3.63) is 71.2 Å². The van der Waals surface area contributed by atoms with Crippen molar-refractivity contribution in [2.24, 2.45) is 0 Å². The van der Waals surface area contributed by atoms with Crippen LogP contribution < -0.4 is 10.1 Å². The molecule has 3 heterocycles. The van der Waals surface area contributed by atoms with Crippen LogP contribution in [0.5, 0.6) is 5.75 Å². The van der Waals surface area contributed by atoms with E-state index in [0.717, 1.165) is 17.6 Å². The number of nitrogens with one attached hydrogen (secondary N) is 1. The van der Waals surface area contributed by atoms with Crippen molar-refractivity contribution in [3.63, 3.8) is 0 Å². The van der Waals surface area contributed by atoms with Gasteiger partial charge in [0.2, 0.25) is 0 Å². The summed E-state index contributed by atoms with van der Waals surface area (Å²) >= 11 is 0. The van der Waals surface area contributed by atoms with Gasteiger partial charge in [-0.3, -0.25) is 4.79 Å². The predicted molar refractivity (Wildman–Crippen MR) is 124 cm³/mol. The average Bonchev–Trinajstić information content (AvgIpc) is 3.43. The highest BCUT2D eigenvalue weighted by molar-refractivity contribution is 7.90. The van der Waals surface area contributed by atoms with Gasteiger partial charge in [0.25, 0.3) is 5.91 Å². The van der Waals surface area contributed by atoms with Crippen LogP contribution in [0.25, 0.3) is 5.65 Å². The van der Waals surface area contributed by atoms with Gasteiger partial charge in [-0.1, -0.05) is 11.3 Å². The Bertz CT molecular complexity index is 1540. The van der Waals surface area contributed by atoms with Crippen molar-refractivity contribution in [1.82, 2.24) is 29.7 Å². The van der Waals surface area contributed by atoms with E-state index >= 15 is 0 Å². The molecule has 1 aromatic carbocycles. The Morgan fingerprint density at radius 1 is 1.20 bits per heavy atom. The first-order chi connectivity index (χ1) is 16.7.